The number of fused-ring (bicyclic) bond motifs is 1. The number of alkyl halides is 3. The third kappa shape index (κ3) is 4.76. The van der Waals surface area contributed by atoms with Crippen LogP contribution >= 0.6 is 0 Å². The van der Waals surface area contributed by atoms with E-state index in [2.05, 4.69) is 10.3 Å². The standard InChI is InChI=1S/C21H23F3N2O3/c1-12(20(28)29-2)26-19(27)15-10-14-4-3-5-17(18(14)25-11-15)13-6-8-16(9-7-13)21(22,23)24/h3-6,10-12,16,20,28H,7-9H2,1-2H3,(H,26,27)/t12?,16-,20+/m1/s1. The van der Waals surface area contributed by atoms with Gasteiger partial charge in [0.25, 0.3) is 5.91 Å². The summed E-state index contributed by atoms with van der Waals surface area (Å²) in [6.07, 6.45) is -1.87. The topological polar surface area (TPSA) is 71.5 Å². The van der Waals surface area contributed by atoms with Gasteiger partial charge in [0.1, 0.15) is 0 Å². The van der Waals surface area contributed by atoms with Gasteiger partial charge < -0.3 is 15.2 Å². The van der Waals surface area contributed by atoms with Crippen molar-refractivity contribution < 1.29 is 27.8 Å². The Kier molecular flexibility index (Phi) is 6.24. The number of para-hydroxylation sites is 1. The lowest BCUT2D eigenvalue weighted by Gasteiger charge is -2.24. The van der Waals surface area contributed by atoms with Crippen LogP contribution < -0.4 is 5.32 Å². The maximum absolute atomic E-state index is 12.9. The van der Waals surface area contributed by atoms with Gasteiger partial charge in [0.05, 0.1) is 23.0 Å². The fourth-order valence-corrected chi connectivity index (χ4v) is 3.49. The van der Waals surface area contributed by atoms with Crippen LogP contribution in [-0.4, -0.2) is 41.6 Å². The molecule has 29 heavy (non-hydrogen) atoms. The van der Waals surface area contributed by atoms with Crippen molar-refractivity contribution in [2.24, 2.45) is 5.92 Å². The molecule has 2 aromatic rings. The van der Waals surface area contributed by atoms with Gasteiger partial charge in [0.15, 0.2) is 6.29 Å². The Balaban J connectivity index is 1.84. The summed E-state index contributed by atoms with van der Waals surface area (Å²) in [6, 6.07) is 6.51. The van der Waals surface area contributed by atoms with Crippen molar-refractivity contribution >= 4 is 22.4 Å². The second-order valence-electron chi connectivity index (χ2n) is 7.23. The number of halogens is 3. The molecule has 3 atom stereocenters. The highest BCUT2D eigenvalue weighted by Gasteiger charge is 2.39. The lowest BCUT2D eigenvalue weighted by Crippen LogP contribution is -2.41. The summed E-state index contributed by atoms with van der Waals surface area (Å²) in [5, 5.41) is 13.0. The first-order valence-electron chi connectivity index (χ1n) is 9.37. The van der Waals surface area contributed by atoms with Crippen molar-refractivity contribution in [1.29, 1.82) is 0 Å². The predicted octanol–water partition coefficient (Wildman–Crippen LogP) is 4.06. The molecule has 0 saturated carbocycles. The fraction of sp³-hybridized carbons (Fsp3) is 0.429. The number of pyridine rings is 1. The number of rotatable bonds is 5. The lowest BCUT2D eigenvalue weighted by atomic mass is 9.85. The Labute approximate surface area is 166 Å². The molecule has 2 N–H and O–H groups in total. The highest BCUT2D eigenvalue weighted by atomic mass is 19.4. The Hall–Kier alpha value is -2.45. The van der Waals surface area contributed by atoms with Gasteiger partial charge in [-0.25, -0.2) is 0 Å². The molecule has 0 bridgehead atoms. The fourth-order valence-electron chi connectivity index (χ4n) is 3.49. The molecule has 1 unspecified atom stereocenters. The zero-order valence-corrected chi connectivity index (χ0v) is 16.2. The van der Waals surface area contributed by atoms with Gasteiger partial charge in [-0.2, -0.15) is 13.2 Å². The maximum Gasteiger partial charge on any atom is 0.392 e. The quantitative estimate of drug-likeness (QED) is 0.732. The molecule has 0 radical (unpaired) electrons. The van der Waals surface area contributed by atoms with Gasteiger partial charge in [0, 0.05) is 24.3 Å². The smallest absolute Gasteiger partial charge is 0.366 e. The van der Waals surface area contributed by atoms with Crippen molar-refractivity contribution in [3.8, 4) is 0 Å². The van der Waals surface area contributed by atoms with E-state index in [0.717, 1.165) is 11.1 Å². The number of hydrogen-bond acceptors (Lipinski definition) is 4. The number of amides is 1. The number of ether oxygens (including phenoxy) is 1. The largest absolute Gasteiger partial charge is 0.392 e. The maximum atomic E-state index is 12.9. The molecule has 1 aromatic heterocycles. The molecule has 0 saturated heterocycles. The van der Waals surface area contributed by atoms with Crippen LogP contribution in [-0.2, 0) is 4.74 Å². The Bertz CT molecular complexity index is 927. The molecule has 1 heterocycles. The number of aromatic nitrogens is 1. The molecule has 3 rings (SSSR count). The number of methoxy groups -OCH3 is 1. The second-order valence-corrected chi connectivity index (χ2v) is 7.23. The van der Waals surface area contributed by atoms with Gasteiger partial charge in [-0.3, -0.25) is 9.78 Å². The van der Waals surface area contributed by atoms with E-state index in [1.807, 2.05) is 6.07 Å². The molecule has 156 valence electrons. The Morgan fingerprint density at radius 2 is 2.14 bits per heavy atom. The molecule has 1 aromatic carbocycles. The third-order valence-corrected chi connectivity index (χ3v) is 5.22. The molecule has 5 nitrogen and oxygen atoms in total. The summed E-state index contributed by atoms with van der Waals surface area (Å²) in [4.78, 5) is 16.8. The van der Waals surface area contributed by atoms with Crippen LogP contribution in [0, 0.1) is 5.92 Å². The van der Waals surface area contributed by atoms with Gasteiger partial charge in [-0.1, -0.05) is 24.3 Å². The summed E-state index contributed by atoms with van der Waals surface area (Å²) in [5.41, 5.74) is 2.60. The van der Waals surface area contributed by atoms with E-state index < -0.39 is 30.3 Å². The summed E-state index contributed by atoms with van der Waals surface area (Å²) >= 11 is 0. The van der Waals surface area contributed by atoms with Gasteiger partial charge in [-0.15, -0.1) is 0 Å². The van der Waals surface area contributed by atoms with Crippen LogP contribution in [0.1, 0.15) is 42.1 Å². The lowest BCUT2D eigenvalue weighted by molar-refractivity contribution is -0.175. The SMILES string of the molecule is CO[C@H](O)C(C)NC(=O)c1cnc2c(C3=CC[C@@H](C(F)(F)F)CC3)cccc2c1. The zero-order valence-electron chi connectivity index (χ0n) is 16.2. The number of benzene rings is 1. The summed E-state index contributed by atoms with van der Waals surface area (Å²) in [5.74, 6) is -1.70. The number of nitrogens with zero attached hydrogens (tertiary/aromatic N) is 1. The molecule has 1 aliphatic rings. The number of carbonyl (C=O) groups is 1. The molecule has 8 heteroatoms. The number of hydrogen-bond donors (Lipinski definition) is 2. The van der Waals surface area contributed by atoms with Crippen molar-refractivity contribution in [2.45, 2.75) is 44.7 Å². The van der Waals surface area contributed by atoms with Crippen LogP contribution in [0.15, 0.2) is 36.5 Å². The van der Waals surface area contributed by atoms with E-state index >= 15 is 0 Å². The first kappa shape index (κ1) is 21.3. The molecular formula is C21H23F3N2O3. The number of aliphatic hydroxyl groups excluding tert-OH is 1. The van der Waals surface area contributed by atoms with E-state index in [4.69, 9.17) is 4.74 Å². The molecule has 1 amide bonds. The first-order valence-corrected chi connectivity index (χ1v) is 9.37. The Morgan fingerprint density at radius 1 is 1.38 bits per heavy atom. The number of allylic oxidation sites excluding steroid dienone is 2. The summed E-state index contributed by atoms with van der Waals surface area (Å²) < 4.78 is 43.5. The van der Waals surface area contributed by atoms with E-state index in [9.17, 15) is 23.1 Å². The molecule has 1 aliphatic carbocycles. The monoisotopic (exact) mass is 408 g/mol. The normalized spacial score (nSPS) is 19.5. The van der Waals surface area contributed by atoms with Crippen LogP contribution in [0.2, 0.25) is 0 Å². The minimum absolute atomic E-state index is 0.0323. The second kappa shape index (κ2) is 8.51. The van der Waals surface area contributed by atoms with Crippen molar-refractivity contribution in [3.05, 3.63) is 47.7 Å². The zero-order chi connectivity index (χ0) is 21.2. The van der Waals surface area contributed by atoms with Crippen LogP contribution in [0.5, 0.6) is 0 Å². The van der Waals surface area contributed by atoms with Crippen LogP contribution in [0.4, 0.5) is 13.2 Å². The van der Waals surface area contributed by atoms with Gasteiger partial charge in [0.2, 0.25) is 0 Å². The van der Waals surface area contributed by atoms with E-state index in [-0.39, 0.29) is 12.8 Å². The first-order chi connectivity index (χ1) is 13.7. The summed E-state index contributed by atoms with van der Waals surface area (Å²) in [7, 11) is 1.34. The predicted molar refractivity (Wildman–Crippen MR) is 103 cm³/mol. The summed E-state index contributed by atoms with van der Waals surface area (Å²) in [6.45, 7) is 1.61. The van der Waals surface area contributed by atoms with Crippen molar-refractivity contribution in [1.82, 2.24) is 10.3 Å². The average molecular weight is 408 g/mol. The van der Waals surface area contributed by atoms with E-state index in [1.54, 1.807) is 31.2 Å². The minimum Gasteiger partial charge on any atom is -0.366 e. The molecule has 0 fully saturated rings. The number of carbonyl (C=O) groups excluding carboxylic acids is 1. The minimum atomic E-state index is -4.17. The van der Waals surface area contributed by atoms with Crippen molar-refractivity contribution in [3.63, 3.8) is 0 Å². The third-order valence-electron chi connectivity index (χ3n) is 5.22. The Morgan fingerprint density at radius 3 is 2.76 bits per heavy atom. The number of nitrogens with one attached hydrogen (secondary N) is 1. The van der Waals surface area contributed by atoms with Gasteiger partial charge >= 0.3 is 6.18 Å². The highest BCUT2D eigenvalue weighted by Crippen LogP contribution is 2.40. The van der Waals surface area contributed by atoms with Gasteiger partial charge in [-0.05, 0) is 37.8 Å². The molecule has 0 aliphatic heterocycles. The van der Waals surface area contributed by atoms with Crippen LogP contribution in [0.25, 0.3) is 16.5 Å². The highest BCUT2D eigenvalue weighted by molar-refractivity contribution is 5.99. The number of aliphatic hydroxyl groups is 1. The van der Waals surface area contributed by atoms with Crippen molar-refractivity contribution in [2.75, 3.05) is 7.11 Å². The molecular weight excluding hydrogens is 385 g/mol. The van der Waals surface area contributed by atoms with E-state index in [1.165, 1.54) is 13.3 Å². The van der Waals surface area contributed by atoms with Crippen LogP contribution in [0.3, 0.4) is 0 Å². The van der Waals surface area contributed by atoms with E-state index in [0.29, 0.717) is 22.9 Å². The molecule has 0 spiro atoms. The average Bonchev–Trinajstić information content (AvgIpc) is 2.71.